The highest BCUT2D eigenvalue weighted by Crippen LogP contribution is 2.25. The van der Waals surface area contributed by atoms with Gasteiger partial charge in [-0.1, -0.05) is 29.8 Å². The molecule has 0 saturated carbocycles. The van der Waals surface area contributed by atoms with Gasteiger partial charge in [-0.05, 0) is 61.0 Å². The highest BCUT2D eigenvalue weighted by atomic mass is 35.5. The maximum atomic E-state index is 12.4. The third-order valence-electron chi connectivity index (χ3n) is 4.36. The maximum absolute atomic E-state index is 12.4. The average molecular weight is 455 g/mol. The number of benzene rings is 3. The number of halogens is 1. The third kappa shape index (κ3) is 6.10. The van der Waals surface area contributed by atoms with Crippen molar-refractivity contribution in [3.63, 3.8) is 0 Å². The number of carboxylic acids is 1. The Labute approximate surface area is 188 Å². The van der Waals surface area contributed by atoms with Crippen molar-refractivity contribution in [3.05, 3.63) is 88.4 Å². The average Bonchev–Trinajstić information content (AvgIpc) is 2.75. The van der Waals surface area contributed by atoms with E-state index in [0.717, 1.165) is 10.5 Å². The SMILES string of the molecule is Cc1ccccc1C(=O)Nc1ccc(SCC(=O)Nc2cc(C(=O)O)ccc2Cl)cc1. The molecule has 158 valence electrons. The van der Waals surface area contributed by atoms with Crippen LogP contribution in [0.5, 0.6) is 0 Å². The Morgan fingerprint density at radius 1 is 0.968 bits per heavy atom. The van der Waals surface area contributed by atoms with Crippen LogP contribution >= 0.6 is 23.4 Å². The fraction of sp³-hybridized carbons (Fsp3) is 0.0870. The van der Waals surface area contributed by atoms with Crippen LogP contribution in [0.15, 0.2) is 71.6 Å². The van der Waals surface area contributed by atoms with Crippen LogP contribution in [-0.4, -0.2) is 28.6 Å². The summed E-state index contributed by atoms with van der Waals surface area (Å²) in [6.45, 7) is 1.88. The van der Waals surface area contributed by atoms with Crippen LogP contribution in [0.4, 0.5) is 11.4 Å². The molecule has 0 heterocycles. The third-order valence-corrected chi connectivity index (χ3v) is 5.70. The number of rotatable bonds is 7. The fourth-order valence-electron chi connectivity index (χ4n) is 2.75. The van der Waals surface area contributed by atoms with Crippen molar-refractivity contribution in [3.8, 4) is 0 Å². The lowest BCUT2D eigenvalue weighted by molar-refractivity contribution is -0.113. The molecule has 0 fully saturated rings. The van der Waals surface area contributed by atoms with Gasteiger partial charge in [0.1, 0.15) is 0 Å². The number of aromatic carboxylic acids is 1. The molecule has 3 aromatic carbocycles. The zero-order chi connectivity index (χ0) is 22.4. The second kappa shape index (κ2) is 10.1. The first-order valence-corrected chi connectivity index (χ1v) is 10.6. The van der Waals surface area contributed by atoms with Crippen molar-refractivity contribution in [2.45, 2.75) is 11.8 Å². The number of nitrogens with one attached hydrogen (secondary N) is 2. The van der Waals surface area contributed by atoms with Crippen molar-refractivity contribution in [1.29, 1.82) is 0 Å². The van der Waals surface area contributed by atoms with Crippen LogP contribution in [0.1, 0.15) is 26.3 Å². The summed E-state index contributed by atoms with van der Waals surface area (Å²) in [4.78, 5) is 36.5. The highest BCUT2D eigenvalue weighted by Gasteiger charge is 2.11. The van der Waals surface area contributed by atoms with Gasteiger partial charge in [0, 0.05) is 16.1 Å². The summed E-state index contributed by atoms with van der Waals surface area (Å²) in [5, 5.41) is 14.8. The molecule has 0 spiro atoms. The van der Waals surface area contributed by atoms with Crippen LogP contribution < -0.4 is 10.6 Å². The first kappa shape index (κ1) is 22.4. The van der Waals surface area contributed by atoms with Crippen molar-refractivity contribution >= 4 is 52.5 Å². The first-order chi connectivity index (χ1) is 14.8. The molecule has 0 aliphatic carbocycles. The summed E-state index contributed by atoms with van der Waals surface area (Å²) in [7, 11) is 0. The number of anilines is 2. The molecule has 2 amide bonds. The largest absolute Gasteiger partial charge is 0.478 e. The highest BCUT2D eigenvalue weighted by molar-refractivity contribution is 8.00. The minimum Gasteiger partial charge on any atom is -0.478 e. The number of hydrogen-bond donors (Lipinski definition) is 3. The van der Waals surface area contributed by atoms with Gasteiger partial charge in [0.15, 0.2) is 0 Å². The zero-order valence-electron chi connectivity index (χ0n) is 16.5. The summed E-state index contributed by atoms with van der Waals surface area (Å²) < 4.78 is 0. The molecule has 0 unspecified atom stereocenters. The Kier molecular flexibility index (Phi) is 7.33. The van der Waals surface area contributed by atoms with Crippen LogP contribution in [0, 0.1) is 6.92 Å². The topological polar surface area (TPSA) is 95.5 Å². The van der Waals surface area contributed by atoms with Gasteiger partial charge in [-0.3, -0.25) is 9.59 Å². The fourth-order valence-corrected chi connectivity index (χ4v) is 3.61. The van der Waals surface area contributed by atoms with Gasteiger partial charge in [0.25, 0.3) is 5.91 Å². The summed E-state index contributed by atoms with van der Waals surface area (Å²) >= 11 is 7.33. The molecule has 6 nitrogen and oxygen atoms in total. The lowest BCUT2D eigenvalue weighted by Crippen LogP contribution is -2.15. The number of carbonyl (C=O) groups excluding carboxylic acids is 2. The Morgan fingerprint density at radius 2 is 1.68 bits per heavy atom. The molecular weight excluding hydrogens is 436 g/mol. The Bertz CT molecular complexity index is 1130. The summed E-state index contributed by atoms with van der Waals surface area (Å²) in [6.07, 6.45) is 0. The molecule has 0 aromatic heterocycles. The van der Waals surface area contributed by atoms with Gasteiger partial charge in [-0.25, -0.2) is 4.79 Å². The minimum absolute atomic E-state index is 0.0377. The van der Waals surface area contributed by atoms with Gasteiger partial charge >= 0.3 is 5.97 Å². The normalized spacial score (nSPS) is 10.4. The molecule has 8 heteroatoms. The molecule has 0 radical (unpaired) electrons. The number of carbonyl (C=O) groups is 3. The number of carboxylic acid groups (broad SMARTS) is 1. The summed E-state index contributed by atoms with van der Waals surface area (Å²) in [5.74, 6) is -1.48. The van der Waals surface area contributed by atoms with E-state index in [4.69, 9.17) is 16.7 Å². The maximum Gasteiger partial charge on any atom is 0.335 e. The van der Waals surface area contributed by atoms with E-state index in [9.17, 15) is 14.4 Å². The van der Waals surface area contributed by atoms with E-state index in [2.05, 4.69) is 10.6 Å². The molecular formula is C23H19ClN2O4S. The minimum atomic E-state index is -1.10. The molecule has 31 heavy (non-hydrogen) atoms. The standard InChI is InChI=1S/C23H19ClN2O4S/c1-14-4-2-3-5-18(14)22(28)25-16-7-9-17(10-8-16)31-13-21(27)26-20-12-15(23(29)30)6-11-19(20)24/h2-12H,13H2,1H3,(H,25,28)(H,26,27)(H,29,30). The van der Waals surface area contributed by atoms with E-state index in [1.807, 2.05) is 37.3 Å². The predicted molar refractivity (Wildman–Crippen MR) is 123 cm³/mol. The molecule has 0 saturated heterocycles. The van der Waals surface area contributed by atoms with Gasteiger partial charge in [0.05, 0.1) is 22.0 Å². The second-order valence-corrected chi connectivity index (χ2v) is 8.09. The van der Waals surface area contributed by atoms with Gasteiger partial charge < -0.3 is 15.7 Å². The molecule has 0 atom stereocenters. The molecule has 3 rings (SSSR count). The summed E-state index contributed by atoms with van der Waals surface area (Å²) in [6, 6.07) is 18.6. The monoisotopic (exact) mass is 454 g/mol. The van der Waals surface area contributed by atoms with E-state index in [1.54, 1.807) is 18.2 Å². The first-order valence-electron chi connectivity index (χ1n) is 9.26. The lowest BCUT2D eigenvalue weighted by Gasteiger charge is -2.09. The number of amides is 2. The Morgan fingerprint density at radius 3 is 2.35 bits per heavy atom. The van der Waals surface area contributed by atoms with E-state index in [-0.39, 0.29) is 33.8 Å². The zero-order valence-corrected chi connectivity index (χ0v) is 18.1. The van der Waals surface area contributed by atoms with Crippen LogP contribution in [0.2, 0.25) is 5.02 Å². The van der Waals surface area contributed by atoms with Crippen LogP contribution in [0.25, 0.3) is 0 Å². The van der Waals surface area contributed by atoms with Gasteiger partial charge in [-0.15, -0.1) is 11.8 Å². The molecule has 3 aromatic rings. The van der Waals surface area contributed by atoms with Gasteiger partial charge in [0.2, 0.25) is 5.91 Å². The molecule has 0 bridgehead atoms. The molecule has 0 aliphatic rings. The Balaban J connectivity index is 1.55. The summed E-state index contributed by atoms with van der Waals surface area (Å²) in [5.41, 5.74) is 2.45. The van der Waals surface area contributed by atoms with Crippen molar-refractivity contribution in [2.24, 2.45) is 0 Å². The van der Waals surface area contributed by atoms with E-state index < -0.39 is 5.97 Å². The smallest absolute Gasteiger partial charge is 0.335 e. The molecule has 0 aliphatic heterocycles. The number of aryl methyl sites for hydroxylation is 1. The quantitative estimate of drug-likeness (QED) is 0.419. The van der Waals surface area contributed by atoms with Crippen molar-refractivity contribution in [2.75, 3.05) is 16.4 Å². The Hall–Kier alpha value is -3.29. The lowest BCUT2D eigenvalue weighted by atomic mass is 10.1. The predicted octanol–water partition coefficient (Wildman–Crippen LogP) is 5.33. The van der Waals surface area contributed by atoms with Crippen LogP contribution in [0.3, 0.4) is 0 Å². The number of thioether (sulfide) groups is 1. The van der Waals surface area contributed by atoms with E-state index in [0.29, 0.717) is 11.3 Å². The molecule has 3 N–H and O–H groups in total. The van der Waals surface area contributed by atoms with Gasteiger partial charge in [-0.2, -0.15) is 0 Å². The number of hydrogen-bond acceptors (Lipinski definition) is 4. The van der Waals surface area contributed by atoms with Crippen molar-refractivity contribution in [1.82, 2.24) is 0 Å². The van der Waals surface area contributed by atoms with Crippen LogP contribution in [-0.2, 0) is 4.79 Å². The van der Waals surface area contributed by atoms with E-state index >= 15 is 0 Å². The second-order valence-electron chi connectivity index (χ2n) is 6.63. The van der Waals surface area contributed by atoms with Crippen molar-refractivity contribution < 1.29 is 19.5 Å². The van der Waals surface area contributed by atoms with E-state index in [1.165, 1.54) is 30.0 Å².